The van der Waals surface area contributed by atoms with Crippen LogP contribution in [-0.4, -0.2) is 9.97 Å². The number of aryl methyl sites for hydroxylation is 1. The Morgan fingerprint density at radius 2 is 2.07 bits per heavy atom. The maximum atomic E-state index is 4.25. The third kappa shape index (κ3) is 2.92. The molecule has 0 saturated heterocycles. The minimum atomic E-state index is 0.860. The van der Waals surface area contributed by atoms with Gasteiger partial charge in [-0.2, -0.15) is 0 Å². The van der Waals surface area contributed by atoms with Crippen molar-refractivity contribution in [1.29, 1.82) is 0 Å². The summed E-state index contributed by atoms with van der Waals surface area (Å²) in [5, 5.41) is 3.36. The van der Waals surface area contributed by atoms with Gasteiger partial charge in [-0.05, 0) is 30.2 Å². The van der Waals surface area contributed by atoms with Crippen LogP contribution < -0.4 is 5.32 Å². The lowest BCUT2D eigenvalue weighted by Gasteiger charge is -2.03. The van der Waals surface area contributed by atoms with E-state index < -0.39 is 0 Å². The van der Waals surface area contributed by atoms with E-state index in [1.54, 1.807) is 0 Å². The summed E-state index contributed by atoms with van der Waals surface area (Å²) in [6.45, 7) is 3.74. The van der Waals surface area contributed by atoms with Crippen molar-refractivity contribution in [3.63, 3.8) is 0 Å². The molecule has 2 heterocycles. The van der Waals surface area contributed by atoms with Gasteiger partial charge in [0.05, 0.1) is 0 Å². The molecule has 2 aromatic rings. The molecule has 0 atom stereocenters. The van der Waals surface area contributed by atoms with Crippen LogP contribution in [0.3, 0.4) is 0 Å². The summed E-state index contributed by atoms with van der Waals surface area (Å²) in [6.07, 6.45) is 5.85. The van der Waals surface area contributed by atoms with Gasteiger partial charge >= 0.3 is 0 Å². The molecule has 3 heteroatoms. The number of hydrogen-bond acceptors (Lipinski definition) is 2. The molecule has 0 spiro atoms. The Labute approximate surface area is 89.6 Å². The lowest BCUT2D eigenvalue weighted by atomic mass is 10.2. The average molecular weight is 201 g/mol. The average Bonchev–Trinajstić information content (AvgIpc) is 2.74. The van der Waals surface area contributed by atoms with Crippen LogP contribution in [0.15, 0.2) is 36.8 Å². The highest BCUT2D eigenvalue weighted by molar-refractivity contribution is 5.13. The molecule has 0 aromatic carbocycles. The molecule has 0 amide bonds. The van der Waals surface area contributed by atoms with Gasteiger partial charge in [0.25, 0.3) is 0 Å². The number of aromatic amines is 1. The minimum Gasteiger partial charge on any atom is -0.367 e. The van der Waals surface area contributed by atoms with Crippen molar-refractivity contribution in [3.8, 4) is 0 Å². The molecule has 2 N–H and O–H groups in total. The third-order valence-electron chi connectivity index (χ3n) is 2.29. The number of pyridine rings is 1. The largest absolute Gasteiger partial charge is 0.367 e. The SMILES string of the molecule is Cc1ccc(CNCc2cc[nH]c2)cn1. The normalized spacial score (nSPS) is 10.5. The second kappa shape index (κ2) is 4.75. The smallest absolute Gasteiger partial charge is 0.0372 e. The Hall–Kier alpha value is -1.61. The summed E-state index contributed by atoms with van der Waals surface area (Å²) < 4.78 is 0. The van der Waals surface area contributed by atoms with E-state index in [0.717, 1.165) is 18.8 Å². The summed E-state index contributed by atoms with van der Waals surface area (Å²) in [5.74, 6) is 0. The van der Waals surface area contributed by atoms with Gasteiger partial charge in [-0.1, -0.05) is 6.07 Å². The number of hydrogen-bond donors (Lipinski definition) is 2. The van der Waals surface area contributed by atoms with Crippen LogP contribution >= 0.6 is 0 Å². The van der Waals surface area contributed by atoms with Crippen LogP contribution in [0.4, 0.5) is 0 Å². The molecular weight excluding hydrogens is 186 g/mol. The number of H-pyrrole nitrogens is 1. The highest BCUT2D eigenvalue weighted by Gasteiger charge is 1.94. The molecule has 0 saturated carbocycles. The molecule has 2 rings (SSSR count). The van der Waals surface area contributed by atoms with E-state index in [1.807, 2.05) is 31.6 Å². The molecule has 0 radical (unpaired) electrons. The van der Waals surface area contributed by atoms with E-state index in [4.69, 9.17) is 0 Å². The predicted octanol–water partition coefficient (Wildman–Crippen LogP) is 2.01. The third-order valence-corrected chi connectivity index (χ3v) is 2.29. The molecule has 15 heavy (non-hydrogen) atoms. The van der Waals surface area contributed by atoms with E-state index in [2.05, 4.69) is 27.4 Å². The molecule has 0 bridgehead atoms. The van der Waals surface area contributed by atoms with Crippen molar-refractivity contribution in [2.24, 2.45) is 0 Å². The fraction of sp³-hybridized carbons (Fsp3) is 0.250. The molecule has 3 nitrogen and oxygen atoms in total. The van der Waals surface area contributed by atoms with E-state index in [1.165, 1.54) is 11.1 Å². The first kappa shape index (κ1) is 9.93. The van der Waals surface area contributed by atoms with Crippen molar-refractivity contribution in [2.45, 2.75) is 20.0 Å². The van der Waals surface area contributed by atoms with Crippen LogP contribution in [0.25, 0.3) is 0 Å². The molecule has 0 aliphatic carbocycles. The highest BCUT2D eigenvalue weighted by Crippen LogP contribution is 2.00. The molecule has 0 aliphatic heterocycles. The zero-order chi connectivity index (χ0) is 10.5. The first-order valence-corrected chi connectivity index (χ1v) is 5.08. The van der Waals surface area contributed by atoms with E-state index >= 15 is 0 Å². The van der Waals surface area contributed by atoms with Crippen molar-refractivity contribution < 1.29 is 0 Å². The molecule has 0 fully saturated rings. The van der Waals surface area contributed by atoms with Crippen LogP contribution in [0, 0.1) is 6.92 Å². The summed E-state index contributed by atoms with van der Waals surface area (Å²) >= 11 is 0. The maximum absolute atomic E-state index is 4.25. The number of nitrogens with zero attached hydrogens (tertiary/aromatic N) is 1. The van der Waals surface area contributed by atoms with E-state index in [0.29, 0.717) is 0 Å². The lowest BCUT2D eigenvalue weighted by Crippen LogP contribution is -2.12. The van der Waals surface area contributed by atoms with Gasteiger partial charge in [0.15, 0.2) is 0 Å². The van der Waals surface area contributed by atoms with Gasteiger partial charge in [0, 0.05) is 37.4 Å². The quantitative estimate of drug-likeness (QED) is 0.794. The van der Waals surface area contributed by atoms with Gasteiger partial charge in [-0.3, -0.25) is 4.98 Å². The van der Waals surface area contributed by atoms with Crippen LogP contribution in [-0.2, 0) is 13.1 Å². The Bertz CT molecular complexity index is 389. The monoisotopic (exact) mass is 201 g/mol. The molecule has 2 aromatic heterocycles. The Morgan fingerprint density at radius 3 is 2.73 bits per heavy atom. The zero-order valence-corrected chi connectivity index (χ0v) is 8.83. The fourth-order valence-electron chi connectivity index (χ4n) is 1.42. The first-order chi connectivity index (χ1) is 7.34. The van der Waals surface area contributed by atoms with E-state index in [9.17, 15) is 0 Å². The van der Waals surface area contributed by atoms with Crippen LogP contribution in [0.2, 0.25) is 0 Å². The second-order valence-electron chi connectivity index (χ2n) is 3.63. The molecule has 0 aliphatic rings. The van der Waals surface area contributed by atoms with Crippen LogP contribution in [0.1, 0.15) is 16.8 Å². The predicted molar refractivity (Wildman–Crippen MR) is 60.3 cm³/mol. The summed E-state index contributed by atoms with van der Waals surface area (Å²) in [4.78, 5) is 7.28. The zero-order valence-electron chi connectivity index (χ0n) is 8.83. The van der Waals surface area contributed by atoms with Gasteiger partial charge in [0.1, 0.15) is 0 Å². The van der Waals surface area contributed by atoms with Gasteiger partial charge in [0.2, 0.25) is 0 Å². The maximum Gasteiger partial charge on any atom is 0.0372 e. The van der Waals surface area contributed by atoms with Gasteiger partial charge < -0.3 is 10.3 Å². The van der Waals surface area contributed by atoms with Gasteiger partial charge in [-0.25, -0.2) is 0 Å². The fourth-order valence-corrected chi connectivity index (χ4v) is 1.42. The lowest BCUT2D eigenvalue weighted by molar-refractivity contribution is 0.691. The van der Waals surface area contributed by atoms with Gasteiger partial charge in [-0.15, -0.1) is 0 Å². The summed E-state index contributed by atoms with van der Waals surface area (Å²) in [6, 6.07) is 6.21. The second-order valence-corrected chi connectivity index (χ2v) is 3.63. The van der Waals surface area contributed by atoms with E-state index in [-0.39, 0.29) is 0 Å². The Balaban J connectivity index is 1.81. The number of nitrogens with one attached hydrogen (secondary N) is 2. The summed E-state index contributed by atoms with van der Waals surface area (Å²) in [5.41, 5.74) is 3.55. The molecular formula is C12H15N3. The standard InChI is InChI=1S/C12H15N3/c1-10-2-3-11(9-15-10)7-14-8-12-4-5-13-6-12/h2-6,9,13-14H,7-8H2,1H3. The topological polar surface area (TPSA) is 40.7 Å². The Morgan fingerprint density at radius 1 is 1.20 bits per heavy atom. The number of aromatic nitrogens is 2. The van der Waals surface area contributed by atoms with Crippen molar-refractivity contribution in [1.82, 2.24) is 15.3 Å². The number of rotatable bonds is 4. The summed E-state index contributed by atoms with van der Waals surface area (Å²) in [7, 11) is 0. The Kier molecular flexibility index (Phi) is 3.15. The molecule has 78 valence electrons. The van der Waals surface area contributed by atoms with Crippen molar-refractivity contribution in [3.05, 3.63) is 53.6 Å². The van der Waals surface area contributed by atoms with Crippen LogP contribution in [0.5, 0.6) is 0 Å². The minimum absolute atomic E-state index is 0.860. The van der Waals surface area contributed by atoms with Crippen molar-refractivity contribution >= 4 is 0 Å². The van der Waals surface area contributed by atoms with Crippen molar-refractivity contribution in [2.75, 3.05) is 0 Å². The molecule has 0 unspecified atom stereocenters. The highest BCUT2D eigenvalue weighted by atomic mass is 14.9. The first-order valence-electron chi connectivity index (χ1n) is 5.08.